The lowest BCUT2D eigenvalue weighted by Crippen LogP contribution is -2.42. The molecule has 1 aliphatic heterocycles. The van der Waals surface area contributed by atoms with Crippen molar-refractivity contribution in [2.45, 2.75) is 31.7 Å². The zero-order valence-corrected chi connectivity index (χ0v) is 20.2. The molecule has 13 heteroatoms. The Balaban J connectivity index is 1.40. The van der Waals surface area contributed by atoms with E-state index in [9.17, 15) is 18.0 Å². The van der Waals surface area contributed by atoms with Crippen LogP contribution >= 0.6 is 0 Å². The molecule has 198 valence electrons. The lowest BCUT2D eigenvalue weighted by atomic mass is 10.1. The van der Waals surface area contributed by atoms with Crippen LogP contribution in [0, 0.1) is 0 Å². The second-order valence-corrected chi connectivity index (χ2v) is 8.55. The molecule has 0 spiro atoms. The number of likely N-dealkylation sites (tertiary alicyclic amines) is 1. The number of piperidine rings is 1. The van der Waals surface area contributed by atoms with Gasteiger partial charge in [0.05, 0.1) is 19.9 Å². The van der Waals surface area contributed by atoms with E-state index in [-0.39, 0.29) is 47.2 Å². The van der Waals surface area contributed by atoms with Crippen molar-refractivity contribution in [1.82, 2.24) is 24.8 Å². The van der Waals surface area contributed by atoms with Gasteiger partial charge in [-0.05, 0) is 24.3 Å². The van der Waals surface area contributed by atoms with E-state index < -0.39 is 11.9 Å². The quantitative estimate of drug-likeness (QED) is 0.397. The summed E-state index contributed by atoms with van der Waals surface area (Å²) < 4.78 is 56.7. The molecule has 38 heavy (non-hydrogen) atoms. The molecule has 10 nitrogen and oxygen atoms in total. The van der Waals surface area contributed by atoms with Crippen molar-refractivity contribution in [3.05, 3.63) is 60.0 Å². The third kappa shape index (κ3) is 4.96. The fraction of sp³-hybridized carbons (Fsp3) is 0.320. The van der Waals surface area contributed by atoms with Crippen molar-refractivity contribution in [3.8, 4) is 23.1 Å². The van der Waals surface area contributed by atoms with Crippen LogP contribution in [-0.4, -0.2) is 57.0 Å². The number of carbonyl (C=O) groups is 1. The van der Waals surface area contributed by atoms with Gasteiger partial charge in [0.1, 0.15) is 23.1 Å². The smallest absolute Gasteiger partial charge is 0.433 e. The predicted molar refractivity (Wildman–Crippen MR) is 128 cm³/mol. The first-order chi connectivity index (χ1) is 18.3. The van der Waals surface area contributed by atoms with Gasteiger partial charge in [-0.3, -0.25) is 9.78 Å². The lowest BCUT2D eigenvalue weighted by molar-refractivity contribution is -0.140. The lowest BCUT2D eigenvalue weighted by Gasteiger charge is -2.31. The van der Waals surface area contributed by atoms with Crippen molar-refractivity contribution in [2.24, 2.45) is 5.73 Å². The molecular formula is C25H23F3N6O4. The number of rotatable bonds is 6. The molecule has 2 N–H and O–H groups in total. The standard InChI is InChI=1S/C25H23F3N6O4/c1-36-17-4-2-16(15-3-5-19(25(26,27)28)32-21(15)17)23-33-22(18(12-29)38-23)24(35)34-10-6-14(7-11-34)37-20-13-30-8-9-31-20/h2-5,8-9,13-14H,6-7,10-12,29H2,1H3. The van der Waals surface area contributed by atoms with Crippen LogP contribution in [0.1, 0.15) is 34.8 Å². The Labute approximate surface area is 214 Å². The highest BCUT2D eigenvalue weighted by Gasteiger charge is 2.34. The van der Waals surface area contributed by atoms with Gasteiger partial charge >= 0.3 is 6.18 Å². The van der Waals surface area contributed by atoms with Gasteiger partial charge in [0, 0.05) is 49.3 Å². The predicted octanol–water partition coefficient (Wildman–Crippen LogP) is 3.85. The Kier molecular flexibility index (Phi) is 6.85. The first kappa shape index (κ1) is 25.4. The first-order valence-electron chi connectivity index (χ1n) is 11.8. The summed E-state index contributed by atoms with van der Waals surface area (Å²) in [6, 6.07) is 5.21. The maximum atomic E-state index is 13.3. The summed E-state index contributed by atoms with van der Waals surface area (Å²) in [5.74, 6) is 0.445. The number of methoxy groups -OCH3 is 1. The number of ether oxygens (including phenoxy) is 2. The van der Waals surface area contributed by atoms with Gasteiger partial charge < -0.3 is 24.5 Å². The highest BCUT2D eigenvalue weighted by atomic mass is 19.4. The van der Waals surface area contributed by atoms with E-state index in [0.29, 0.717) is 42.8 Å². The highest BCUT2D eigenvalue weighted by molar-refractivity contribution is 5.98. The number of hydrogen-bond donors (Lipinski definition) is 1. The van der Waals surface area contributed by atoms with E-state index in [2.05, 4.69) is 19.9 Å². The third-order valence-corrected chi connectivity index (χ3v) is 6.20. The highest BCUT2D eigenvalue weighted by Crippen LogP contribution is 2.37. The van der Waals surface area contributed by atoms with Crippen molar-refractivity contribution in [2.75, 3.05) is 20.2 Å². The number of nitrogens with zero attached hydrogens (tertiary/aromatic N) is 5. The van der Waals surface area contributed by atoms with Crippen molar-refractivity contribution >= 4 is 16.8 Å². The molecule has 3 aromatic heterocycles. The van der Waals surface area contributed by atoms with Gasteiger partial charge in [0.2, 0.25) is 11.8 Å². The molecule has 1 aromatic carbocycles. The van der Waals surface area contributed by atoms with E-state index in [1.807, 2.05) is 0 Å². The summed E-state index contributed by atoms with van der Waals surface area (Å²) in [5.41, 5.74) is 5.19. The van der Waals surface area contributed by atoms with Crippen LogP contribution in [-0.2, 0) is 12.7 Å². The summed E-state index contributed by atoms with van der Waals surface area (Å²) in [7, 11) is 1.34. The molecule has 4 aromatic rings. The number of aromatic nitrogens is 4. The van der Waals surface area contributed by atoms with Gasteiger partial charge in [-0.2, -0.15) is 13.2 Å². The molecule has 0 radical (unpaired) electrons. The fourth-order valence-corrected chi connectivity index (χ4v) is 4.32. The summed E-state index contributed by atoms with van der Waals surface area (Å²) in [5, 5.41) is 0.322. The SMILES string of the molecule is COc1ccc(-c2nc(C(=O)N3CCC(Oc4cnccn4)CC3)c(CN)o2)c2ccc(C(F)(F)F)nc12. The van der Waals surface area contributed by atoms with Gasteiger partial charge in [0.15, 0.2) is 11.5 Å². The molecule has 0 saturated carbocycles. The Morgan fingerprint density at radius 1 is 1.16 bits per heavy atom. The minimum Gasteiger partial charge on any atom is -0.494 e. The van der Waals surface area contributed by atoms with Gasteiger partial charge in [-0.15, -0.1) is 0 Å². The molecule has 1 aliphatic rings. The largest absolute Gasteiger partial charge is 0.494 e. The van der Waals surface area contributed by atoms with E-state index in [4.69, 9.17) is 19.6 Å². The summed E-state index contributed by atoms with van der Waals surface area (Å²) in [4.78, 5) is 31.2. The van der Waals surface area contributed by atoms with Gasteiger partial charge in [-0.1, -0.05) is 0 Å². The number of pyridine rings is 1. The molecule has 0 atom stereocenters. The summed E-state index contributed by atoms with van der Waals surface area (Å²) in [6.45, 7) is 0.752. The van der Waals surface area contributed by atoms with Crippen molar-refractivity contribution in [3.63, 3.8) is 0 Å². The van der Waals surface area contributed by atoms with E-state index in [1.165, 1.54) is 25.4 Å². The molecule has 1 saturated heterocycles. The van der Waals surface area contributed by atoms with Crippen LogP contribution in [0.5, 0.6) is 11.6 Å². The molecule has 0 unspecified atom stereocenters. The molecule has 1 fully saturated rings. The molecular weight excluding hydrogens is 505 g/mol. The number of carbonyl (C=O) groups excluding carboxylic acids is 1. The summed E-state index contributed by atoms with van der Waals surface area (Å²) in [6.07, 6.45) is 1.06. The zero-order valence-electron chi connectivity index (χ0n) is 20.2. The van der Waals surface area contributed by atoms with Crippen LogP contribution in [0.3, 0.4) is 0 Å². The van der Waals surface area contributed by atoms with Crippen molar-refractivity contribution < 1.29 is 31.9 Å². The van der Waals surface area contributed by atoms with E-state index in [0.717, 1.165) is 6.07 Å². The first-order valence-corrected chi connectivity index (χ1v) is 11.8. The second kappa shape index (κ2) is 10.2. The van der Waals surface area contributed by atoms with Crippen molar-refractivity contribution in [1.29, 1.82) is 0 Å². The number of alkyl halides is 3. The molecule has 5 rings (SSSR count). The van der Waals surface area contributed by atoms with E-state index in [1.54, 1.807) is 23.4 Å². The zero-order chi connectivity index (χ0) is 26.9. The minimum atomic E-state index is -4.63. The maximum absolute atomic E-state index is 13.3. The number of benzene rings is 1. The number of amides is 1. The second-order valence-electron chi connectivity index (χ2n) is 8.55. The van der Waals surface area contributed by atoms with Crippen LogP contribution in [0.2, 0.25) is 0 Å². The van der Waals surface area contributed by atoms with Crippen LogP contribution in [0.15, 0.2) is 47.3 Å². The number of hydrogen-bond acceptors (Lipinski definition) is 9. The monoisotopic (exact) mass is 528 g/mol. The maximum Gasteiger partial charge on any atom is 0.433 e. The molecule has 1 amide bonds. The number of halogens is 3. The molecule has 0 bridgehead atoms. The normalized spacial score (nSPS) is 14.6. The fourth-order valence-electron chi connectivity index (χ4n) is 4.32. The topological polar surface area (TPSA) is 129 Å². The van der Waals surface area contributed by atoms with Crippen LogP contribution in [0.25, 0.3) is 22.4 Å². The minimum absolute atomic E-state index is 0.00891. The Morgan fingerprint density at radius 3 is 2.61 bits per heavy atom. The molecule has 0 aliphatic carbocycles. The number of nitrogens with two attached hydrogens (primary N) is 1. The number of fused-ring (bicyclic) bond motifs is 1. The average molecular weight is 528 g/mol. The number of oxazole rings is 1. The van der Waals surface area contributed by atoms with Crippen LogP contribution in [0.4, 0.5) is 13.2 Å². The Bertz CT molecular complexity index is 1450. The summed E-state index contributed by atoms with van der Waals surface area (Å²) >= 11 is 0. The van der Waals surface area contributed by atoms with E-state index >= 15 is 0 Å². The van der Waals surface area contributed by atoms with Gasteiger partial charge in [-0.25, -0.2) is 15.0 Å². The average Bonchev–Trinajstić information content (AvgIpc) is 3.36. The Hall–Kier alpha value is -4.26. The third-order valence-electron chi connectivity index (χ3n) is 6.20. The van der Waals surface area contributed by atoms with Gasteiger partial charge in [0.25, 0.3) is 5.91 Å². The molecule has 4 heterocycles. The Morgan fingerprint density at radius 2 is 1.95 bits per heavy atom. The van der Waals surface area contributed by atoms with Crippen LogP contribution < -0.4 is 15.2 Å².